The van der Waals surface area contributed by atoms with Crippen molar-refractivity contribution in [3.05, 3.63) is 83.7 Å². The Bertz CT molecular complexity index is 1040. The summed E-state index contributed by atoms with van der Waals surface area (Å²) in [5, 5.41) is 9.69. The van der Waals surface area contributed by atoms with Crippen molar-refractivity contribution >= 4 is 23.2 Å². The molecule has 2 aromatic carbocycles. The van der Waals surface area contributed by atoms with Crippen LogP contribution in [0.3, 0.4) is 0 Å². The van der Waals surface area contributed by atoms with Gasteiger partial charge in [0.25, 0.3) is 0 Å². The average molecular weight is 433 g/mol. The van der Waals surface area contributed by atoms with E-state index in [9.17, 15) is 9.18 Å². The summed E-state index contributed by atoms with van der Waals surface area (Å²) in [5.41, 5.74) is 2.87. The maximum atomic E-state index is 13.1. The topological polar surface area (TPSA) is 66.1 Å². The van der Waals surface area contributed by atoms with E-state index in [1.165, 1.54) is 17.7 Å². The minimum atomic E-state index is -0.250. The Kier molecular flexibility index (Phi) is 7.00. The van der Waals surface area contributed by atoms with Crippen LogP contribution in [0, 0.1) is 11.7 Å². The second-order valence-electron chi connectivity index (χ2n) is 8.20. The number of hydrogen-bond donors (Lipinski definition) is 3. The number of carbonyl (C=O) groups excluding carboxylic acids is 1. The summed E-state index contributed by atoms with van der Waals surface area (Å²) in [6, 6.07) is 20.3. The van der Waals surface area contributed by atoms with Crippen molar-refractivity contribution in [2.75, 3.05) is 22.5 Å². The van der Waals surface area contributed by atoms with E-state index in [-0.39, 0.29) is 23.6 Å². The first-order valence-corrected chi connectivity index (χ1v) is 11.2. The Morgan fingerprint density at radius 3 is 2.56 bits per heavy atom. The molecule has 0 unspecified atom stereocenters. The van der Waals surface area contributed by atoms with Gasteiger partial charge in [-0.3, -0.25) is 4.79 Å². The number of rotatable bonds is 10. The monoisotopic (exact) mass is 432 g/mol. The van der Waals surface area contributed by atoms with E-state index in [0.29, 0.717) is 23.9 Å². The minimum Gasteiger partial charge on any atom is -0.368 e. The maximum Gasteiger partial charge on any atom is 0.228 e. The first-order valence-electron chi connectivity index (χ1n) is 11.2. The lowest BCUT2D eigenvalue weighted by atomic mass is 10.1. The van der Waals surface area contributed by atoms with Crippen LogP contribution >= 0.6 is 0 Å². The van der Waals surface area contributed by atoms with Crippen LogP contribution in [-0.2, 0) is 11.3 Å². The summed E-state index contributed by atoms with van der Waals surface area (Å²) in [7, 11) is 0. The number of carbonyl (C=O) groups is 1. The molecule has 0 radical (unpaired) electrons. The predicted molar refractivity (Wildman–Crippen MR) is 127 cm³/mol. The summed E-state index contributed by atoms with van der Waals surface area (Å²) in [4.78, 5) is 17.5. The first kappa shape index (κ1) is 21.8. The smallest absolute Gasteiger partial charge is 0.228 e. The van der Waals surface area contributed by atoms with Gasteiger partial charge in [-0.1, -0.05) is 55.8 Å². The zero-order valence-electron chi connectivity index (χ0n) is 18.3. The third-order valence-corrected chi connectivity index (χ3v) is 5.72. The van der Waals surface area contributed by atoms with E-state index in [4.69, 9.17) is 0 Å². The Balaban J connectivity index is 1.42. The van der Waals surface area contributed by atoms with Crippen molar-refractivity contribution in [2.45, 2.75) is 38.6 Å². The van der Waals surface area contributed by atoms with Crippen LogP contribution in [0.1, 0.15) is 43.2 Å². The third-order valence-electron chi connectivity index (χ3n) is 5.72. The molecule has 1 aromatic heterocycles. The summed E-state index contributed by atoms with van der Waals surface area (Å²) < 4.78 is 13.1. The minimum absolute atomic E-state index is 0.00262. The molecule has 0 aliphatic heterocycles. The van der Waals surface area contributed by atoms with E-state index in [2.05, 4.69) is 40.0 Å². The molecule has 166 valence electrons. The molecular weight excluding hydrogens is 403 g/mol. The molecule has 1 saturated carbocycles. The van der Waals surface area contributed by atoms with Crippen LogP contribution in [0.2, 0.25) is 0 Å². The van der Waals surface area contributed by atoms with Crippen LogP contribution in [0.4, 0.5) is 21.7 Å². The molecule has 0 bridgehead atoms. The number of nitrogens with zero attached hydrogens (tertiary/aromatic N) is 1. The van der Waals surface area contributed by atoms with Crippen LogP contribution in [0.25, 0.3) is 0 Å². The second kappa shape index (κ2) is 10.3. The molecule has 6 heteroatoms. The highest BCUT2D eigenvalue weighted by Crippen LogP contribution is 2.48. The highest BCUT2D eigenvalue weighted by atomic mass is 19.1. The van der Waals surface area contributed by atoms with Gasteiger partial charge >= 0.3 is 0 Å². The van der Waals surface area contributed by atoms with Crippen LogP contribution in [-0.4, -0.2) is 17.4 Å². The zero-order chi connectivity index (χ0) is 22.3. The highest BCUT2D eigenvalue weighted by molar-refractivity contribution is 5.97. The Morgan fingerprint density at radius 1 is 1.03 bits per heavy atom. The van der Waals surface area contributed by atoms with Crippen molar-refractivity contribution in [3.63, 3.8) is 0 Å². The number of halogens is 1. The highest BCUT2D eigenvalue weighted by Gasteiger charge is 2.44. The molecule has 32 heavy (non-hydrogen) atoms. The van der Waals surface area contributed by atoms with Crippen molar-refractivity contribution in [1.82, 2.24) is 4.98 Å². The predicted octanol–water partition coefficient (Wildman–Crippen LogP) is 5.79. The SMILES string of the molecule is CCCCNc1nc(NCc2ccc(F)cc2)ccc1NC(=O)[C@@H]1C[C@H]1c1ccccc1. The van der Waals surface area contributed by atoms with Crippen molar-refractivity contribution in [3.8, 4) is 0 Å². The average Bonchev–Trinajstić information content (AvgIpc) is 3.62. The molecule has 1 heterocycles. The largest absolute Gasteiger partial charge is 0.368 e. The second-order valence-corrected chi connectivity index (χ2v) is 8.20. The quantitative estimate of drug-likeness (QED) is 0.355. The number of anilines is 3. The lowest BCUT2D eigenvalue weighted by molar-refractivity contribution is -0.117. The van der Waals surface area contributed by atoms with Gasteiger partial charge in [-0.15, -0.1) is 0 Å². The van der Waals surface area contributed by atoms with E-state index in [1.54, 1.807) is 12.1 Å². The van der Waals surface area contributed by atoms with E-state index >= 15 is 0 Å². The molecule has 5 nitrogen and oxygen atoms in total. The summed E-state index contributed by atoms with van der Waals surface area (Å²) in [6.45, 7) is 3.45. The van der Waals surface area contributed by atoms with E-state index < -0.39 is 0 Å². The van der Waals surface area contributed by atoms with Gasteiger partial charge in [0.15, 0.2) is 5.82 Å². The van der Waals surface area contributed by atoms with Gasteiger partial charge in [0.1, 0.15) is 11.6 Å². The Hall–Kier alpha value is -3.41. The molecule has 1 aliphatic carbocycles. The van der Waals surface area contributed by atoms with Gasteiger partial charge in [-0.05, 0) is 54.2 Å². The Morgan fingerprint density at radius 2 is 1.81 bits per heavy atom. The molecular formula is C26H29FN4O. The van der Waals surface area contributed by atoms with Crippen molar-refractivity contribution in [1.29, 1.82) is 0 Å². The molecule has 0 saturated heterocycles. The van der Waals surface area contributed by atoms with Crippen LogP contribution in [0.15, 0.2) is 66.7 Å². The fourth-order valence-corrected chi connectivity index (χ4v) is 3.75. The number of hydrogen-bond acceptors (Lipinski definition) is 4. The molecule has 2 atom stereocenters. The molecule has 3 aromatic rings. The fraction of sp³-hybridized carbons (Fsp3) is 0.308. The summed E-state index contributed by atoms with van der Waals surface area (Å²) in [5.74, 6) is 1.42. The van der Waals surface area contributed by atoms with E-state index in [1.807, 2.05) is 30.3 Å². The van der Waals surface area contributed by atoms with Crippen molar-refractivity contribution < 1.29 is 9.18 Å². The maximum absolute atomic E-state index is 13.1. The van der Waals surface area contributed by atoms with Gasteiger partial charge in [-0.2, -0.15) is 0 Å². The lowest BCUT2D eigenvalue weighted by Crippen LogP contribution is -2.17. The molecule has 1 aliphatic rings. The van der Waals surface area contributed by atoms with Gasteiger partial charge in [0, 0.05) is 19.0 Å². The molecule has 1 amide bonds. The molecule has 4 rings (SSSR count). The number of unbranched alkanes of at least 4 members (excludes halogenated alkanes) is 1. The van der Waals surface area contributed by atoms with Gasteiger partial charge < -0.3 is 16.0 Å². The van der Waals surface area contributed by atoms with Crippen molar-refractivity contribution in [2.24, 2.45) is 5.92 Å². The zero-order valence-corrected chi connectivity index (χ0v) is 18.3. The standard InChI is InChI=1S/C26H29FN4O/c1-2-3-15-28-25-23(30-26(32)22-16-21(22)19-7-5-4-6-8-19)13-14-24(31-25)29-17-18-9-11-20(27)12-10-18/h4-14,21-22H,2-3,15-17H2,1H3,(H,30,32)(H2,28,29,31)/t21-,22+/m0/s1. The molecule has 1 fully saturated rings. The molecule has 3 N–H and O–H groups in total. The number of aromatic nitrogens is 1. The first-order chi connectivity index (χ1) is 15.6. The number of pyridine rings is 1. The molecule has 0 spiro atoms. The number of benzene rings is 2. The van der Waals surface area contributed by atoms with Gasteiger partial charge in [0.2, 0.25) is 5.91 Å². The van der Waals surface area contributed by atoms with Crippen LogP contribution < -0.4 is 16.0 Å². The van der Waals surface area contributed by atoms with Crippen LogP contribution in [0.5, 0.6) is 0 Å². The normalized spacial score (nSPS) is 16.9. The van der Waals surface area contributed by atoms with Gasteiger partial charge in [-0.25, -0.2) is 9.37 Å². The van der Waals surface area contributed by atoms with Gasteiger partial charge in [0.05, 0.1) is 5.69 Å². The number of amides is 1. The number of nitrogens with one attached hydrogen (secondary N) is 3. The lowest BCUT2D eigenvalue weighted by Gasteiger charge is -2.15. The Labute approximate surface area is 188 Å². The summed E-state index contributed by atoms with van der Waals surface area (Å²) in [6.07, 6.45) is 2.96. The fourth-order valence-electron chi connectivity index (χ4n) is 3.75. The summed E-state index contributed by atoms with van der Waals surface area (Å²) >= 11 is 0. The third kappa shape index (κ3) is 5.63. The van der Waals surface area contributed by atoms with E-state index in [0.717, 1.165) is 31.4 Å².